The summed E-state index contributed by atoms with van der Waals surface area (Å²) in [6.07, 6.45) is 4.04. The van der Waals surface area contributed by atoms with Gasteiger partial charge in [-0.2, -0.15) is 0 Å². The minimum atomic E-state index is -0.128. The SMILES string of the molecule is CC(C)(C)NC(=O)CC1(CN)CCC1. The quantitative estimate of drug-likeness (QED) is 0.720. The third-order valence-corrected chi connectivity index (χ3v) is 2.90. The van der Waals surface area contributed by atoms with Crippen molar-refractivity contribution in [3.63, 3.8) is 0 Å². The van der Waals surface area contributed by atoms with Gasteiger partial charge in [0.1, 0.15) is 0 Å². The first-order valence-electron chi connectivity index (χ1n) is 5.38. The zero-order valence-electron chi connectivity index (χ0n) is 9.52. The van der Waals surface area contributed by atoms with Gasteiger partial charge in [0.05, 0.1) is 0 Å². The van der Waals surface area contributed by atoms with E-state index in [-0.39, 0.29) is 16.9 Å². The van der Waals surface area contributed by atoms with E-state index in [0.717, 1.165) is 12.8 Å². The fourth-order valence-corrected chi connectivity index (χ4v) is 1.93. The van der Waals surface area contributed by atoms with Crippen molar-refractivity contribution >= 4 is 5.91 Å². The van der Waals surface area contributed by atoms with Gasteiger partial charge in [0, 0.05) is 12.0 Å². The van der Waals surface area contributed by atoms with E-state index < -0.39 is 0 Å². The number of hydrogen-bond donors (Lipinski definition) is 2. The van der Waals surface area contributed by atoms with Crippen LogP contribution in [-0.4, -0.2) is 18.0 Å². The molecule has 0 spiro atoms. The Kier molecular flexibility index (Phi) is 3.20. The van der Waals surface area contributed by atoms with Crippen LogP contribution in [0.4, 0.5) is 0 Å². The lowest BCUT2D eigenvalue weighted by atomic mass is 9.66. The third kappa shape index (κ3) is 2.98. The summed E-state index contributed by atoms with van der Waals surface area (Å²) in [7, 11) is 0. The molecule has 0 unspecified atom stereocenters. The van der Waals surface area contributed by atoms with Gasteiger partial charge in [0.15, 0.2) is 0 Å². The molecule has 3 N–H and O–H groups in total. The molecule has 0 saturated heterocycles. The highest BCUT2D eigenvalue weighted by molar-refractivity contribution is 5.77. The molecule has 3 heteroatoms. The molecule has 0 atom stereocenters. The van der Waals surface area contributed by atoms with Crippen LogP contribution in [-0.2, 0) is 4.79 Å². The fourth-order valence-electron chi connectivity index (χ4n) is 1.93. The maximum absolute atomic E-state index is 11.7. The van der Waals surface area contributed by atoms with Crippen LogP contribution in [0.25, 0.3) is 0 Å². The molecule has 0 heterocycles. The van der Waals surface area contributed by atoms with E-state index in [1.807, 2.05) is 20.8 Å². The van der Waals surface area contributed by atoms with Gasteiger partial charge >= 0.3 is 0 Å². The Morgan fingerprint density at radius 2 is 2.00 bits per heavy atom. The van der Waals surface area contributed by atoms with E-state index in [4.69, 9.17) is 5.73 Å². The molecule has 0 aromatic carbocycles. The predicted octanol–water partition coefficient (Wildman–Crippen LogP) is 1.42. The molecule has 0 aromatic rings. The van der Waals surface area contributed by atoms with E-state index in [1.165, 1.54) is 6.42 Å². The Labute approximate surface area is 86.4 Å². The molecule has 3 nitrogen and oxygen atoms in total. The van der Waals surface area contributed by atoms with Gasteiger partial charge in [-0.3, -0.25) is 4.79 Å². The lowest BCUT2D eigenvalue weighted by Crippen LogP contribution is -2.46. The molecule has 1 amide bonds. The van der Waals surface area contributed by atoms with Crippen molar-refractivity contribution in [2.75, 3.05) is 6.54 Å². The molecule has 0 aromatic heterocycles. The van der Waals surface area contributed by atoms with Crippen molar-refractivity contribution in [1.82, 2.24) is 5.32 Å². The summed E-state index contributed by atoms with van der Waals surface area (Å²) in [6.45, 7) is 6.65. The standard InChI is InChI=1S/C11H22N2O/c1-10(2,3)13-9(14)7-11(8-12)5-4-6-11/h4-8,12H2,1-3H3,(H,13,14). The van der Waals surface area contributed by atoms with Crippen molar-refractivity contribution < 1.29 is 4.79 Å². The number of carbonyl (C=O) groups is 1. The minimum Gasteiger partial charge on any atom is -0.351 e. The molecule has 1 fully saturated rings. The van der Waals surface area contributed by atoms with Crippen LogP contribution in [0.1, 0.15) is 46.5 Å². The van der Waals surface area contributed by atoms with Crippen LogP contribution in [0.3, 0.4) is 0 Å². The second kappa shape index (κ2) is 3.89. The highest BCUT2D eigenvalue weighted by Crippen LogP contribution is 2.42. The lowest BCUT2D eigenvalue weighted by Gasteiger charge is -2.41. The Morgan fingerprint density at radius 3 is 2.29 bits per heavy atom. The number of nitrogens with two attached hydrogens (primary N) is 1. The summed E-state index contributed by atoms with van der Waals surface area (Å²) in [5, 5.41) is 2.98. The van der Waals surface area contributed by atoms with E-state index in [9.17, 15) is 4.79 Å². The van der Waals surface area contributed by atoms with Crippen molar-refractivity contribution in [3.05, 3.63) is 0 Å². The van der Waals surface area contributed by atoms with Crippen molar-refractivity contribution in [2.24, 2.45) is 11.1 Å². The van der Waals surface area contributed by atoms with E-state index in [2.05, 4.69) is 5.32 Å². The molecule has 1 saturated carbocycles. The van der Waals surface area contributed by atoms with Gasteiger partial charge in [0.25, 0.3) is 0 Å². The molecule has 1 aliphatic carbocycles. The summed E-state index contributed by atoms with van der Waals surface area (Å²) in [6, 6.07) is 0. The number of hydrogen-bond acceptors (Lipinski definition) is 2. The van der Waals surface area contributed by atoms with Crippen LogP contribution >= 0.6 is 0 Å². The molecule has 0 aliphatic heterocycles. The van der Waals surface area contributed by atoms with Crippen LogP contribution in [0, 0.1) is 5.41 Å². The van der Waals surface area contributed by atoms with E-state index >= 15 is 0 Å². The number of carbonyl (C=O) groups excluding carboxylic acids is 1. The maximum Gasteiger partial charge on any atom is 0.221 e. The van der Waals surface area contributed by atoms with Crippen LogP contribution in [0.15, 0.2) is 0 Å². The van der Waals surface area contributed by atoms with Crippen molar-refractivity contribution in [1.29, 1.82) is 0 Å². The Balaban J connectivity index is 2.40. The summed E-state index contributed by atoms with van der Waals surface area (Å²) in [5.41, 5.74) is 5.69. The second-order valence-corrected chi connectivity index (χ2v) is 5.53. The normalized spacial score (nSPS) is 20.0. The van der Waals surface area contributed by atoms with E-state index in [0.29, 0.717) is 13.0 Å². The average Bonchev–Trinajstić information content (AvgIpc) is 1.93. The first-order chi connectivity index (χ1) is 6.37. The van der Waals surface area contributed by atoms with Gasteiger partial charge < -0.3 is 11.1 Å². The topological polar surface area (TPSA) is 55.1 Å². The first-order valence-corrected chi connectivity index (χ1v) is 5.38. The molecule has 0 radical (unpaired) electrons. The molecule has 82 valence electrons. The highest BCUT2D eigenvalue weighted by atomic mass is 16.1. The molecule has 1 rings (SSSR count). The number of rotatable bonds is 3. The second-order valence-electron chi connectivity index (χ2n) is 5.53. The van der Waals surface area contributed by atoms with Gasteiger partial charge in [-0.15, -0.1) is 0 Å². The minimum absolute atomic E-state index is 0.120. The molecular weight excluding hydrogens is 176 g/mol. The highest BCUT2D eigenvalue weighted by Gasteiger charge is 2.37. The first kappa shape index (κ1) is 11.5. The monoisotopic (exact) mass is 198 g/mol. The Hall–Kier alpha value is -0.570. The van der Waals surface area contributed by atoms with Gasteiger partial charge in [-0.1, -0.05) is 6.42 Å². The molecule has 1 aliphatic rings. The number of amides is 1. The fraction of sp³-hybridized carbons (Fsp3) is 0.909. The third-order valence-electron chi connectivity index (χ3n) is 2.90. The zero-order chi connectivity index (χ0) is 10.8. The summed E-state index contributed by atoms with van der Waals surface area (Å²) >= 11 is 0. The van der Waals surface area contributed by atoms with E-state index in [1.54, 1.807) is 0 Å². The zero-order valence-corrected chi connectivity index (χ0v) is 9.52. The van der Waals surface area contributed by atoms with Crippen molar-refractivity contribution in [2.45, 2.75) is 52.0 Å². The molecular formula is C11H22N2O. The van der Waals surface area contributed by atoms with Gasteiger partial charge in [-0.25, -0.2) is 0 Å². The van der Waals surface area contributed by atoms with Crippen LogP contribution in [0.2, 0.25) is 0 Å². The Bertz CT molecular complexity index is 208. The molecule has 0 bridgehead atoms. The van der Waals surface area contributed by atoms with Gasteiger partial charge in [0.2, 0.25) is 5.91 Å². The average molecular weight is 198 g/mol. The van der Waals surface area contributed by atoms with Crippen LogP contribution in [0.5, 0.6) is 0 Å². The Morgan fingerprint density at radius 1 is 1.43 bits per heavy atom. The summed E-state index contributed by atoms with van der Waals surface area (Å²) in [5.74, 6) is 0.141. The number of nitrogens with one attached hydrogen (secondary N) is 1. The lowest BCUT2D eigenvalue weighted by molar-refractivity contribution is -0.126. The smallest absolute Gasteiger partial charge is 0.221 e. The molecule has 14 heavy (non-hydrogen) atoms. The summed E-state index contributed by atoms with van der Waals surface area (Å²) < 4.78 is 0. The van der Waals surface area contributed by atoms with Gasteiger partial charge in [-0.05, 0) is 45.6 Å². The maximum atomic E-state index is 11.7. The predicted molar refractivity (Wildman–Crippen MR) is 57.9 cm³/mol. The van der Waals surface area contributed by atoms with Crippen LogP contribution < -0.4 is 11.1 Å². The largest absolute Gasteiger partial charge is 0.351 e. The van der Waals surface area contributed by atoms with Crippen molar-refractivity contribution in [3.8, 4) is 0 Å². The summed E-state index contributed by atoms with van der Waals surface area (Å²) in [4.78, 5) is 11.7.